The molecular formula is C8H14FNO. The molecule has 1 aliphatic rings. The van der Waals surface area contributed by atoms with Gasteiger partial charge < -0.3 is 4.79 Å². The van der Waals surface area contributed by atoms with E-state index in [0.29, 0.717) is 19.5 Å². The summed E-state index contributed by atoms with van der Waals surface area (Å²) in [6.45, 7) is 4.74. The second-order valence-corrected chi connectivity index (χ2v) is 3.60. The Morgan fingerprint density at radius 2 is 2.27 bits per heavy atom. The van der Waals surface area contributed by atoms with E-state index in [1.54, 1.807) is 0 Å². The summed E-state index contributed by atoms with van der Waals surface area (Å²) in [5.74, 6) is 0. The Bertz CT molecular complexity index is 158. The Labute approximate surface area is 66.4 Å². The van der Waals surface area contributed by atoms with Crippen LogP contribution in [-0.2, 0) is 4.79 Å². The van der Waals surface area contributed by atoms with Gasteiger partial charge in [0.25, 0.3) is 0 Å². The number of aldehydes is 1. The smallest absolute Gasteiger partial charge is 0.139 e. The molecule has 0 radical (unpaired) electrons. The average Bonchev–Trinajstić information content (AvgIpc) is 2.36. The van der Waals surface area contributed by atoms with Gasteiger partial charge in [-0.05, 0) is 20.3 Å². The third-order valence-electron chi connectivity index (χ3n) is 2.23. The van der Waals surface area contributed by atoms with Crippen molar-refractivity contribution in [1.29, 1.82) is 0 Å². The third kappa shape index (κ3) is 1.77. The maximum atomic E-state index is 12.7. The molecule has 0 aromatic heterocycles. The van der Waals surface area contributed by atoms with Crippen molar-refractivity contribution in [3.05, 3.63) is 0 Å². The zero-order chi connectivity index (χ0) is 8.48. The number of nitrogens with zero attached hydrogens (tertiary/aromatic N) is 1. The first-order valence-electron chi connectivity index (χ1n) is 3.92. The van der Waals surface area contributed by atoms with E-state index in [-0.39, 0.29) is 0 Å². The van der Waals surface area contributed by atoms with Gasteiger partial charge in [-0.3, -0.25) is 4.90 Å². The molecule has 1 atom stereocenters. The summed E-state index contributed by atoms with van der Waals surface area (Å²) in [6.07, 6.45) is 0.705. The fraction of sp³-hybridized carbons (Fsp3) is 0.875. The number of alkyl halides is 1. The van der Waals surface area contributed by atoms with Crippen molar-refractivity contribution in [3.63, 3.8) is 0 Å². The van der Waals surface area contributed by atoms with Crippen LogP contribution in [0.1, 0.15) is 20.3 Å². The molecule has 0 amide bonds. The van der Waals surface area contributed by atoms with Crippen LogP contribution in [0.4, 0.5) is 4.39 Å². The molecule has 1 aliphatic heterocycles. The van der Waals surface area contributed by atoms with Crippen molar-refractivity contribution in [2.75, 3.05) is 13.1 Å². The summed E-state index contributed by atoms with van der Waals surface area (Å²) in [6, 6.07) is 0. The molecule has 0 saturated carbocycles. The lowest BCUT2D eigenvalue weighted by molar-refractivity contribution is -0.116. The lowest BCUT2D eigenvalue weighted by atomic mass is 10.1. The van der Waals surface area contributed by atoms with E-state index in [1.807, 2.05) is 18.7 Å². The van der Waals surface area contributed by atoms with Gasteiger partial charge in [0.05, 0.1) is 5.54 Å². The minimum atomic E-state index is -0.741. The fourth-order valence-corrected chi connectivity index (χ4v) is 1.32. The van der Waals surface area contributed by atoms with Crippen LogP contribution in [0.15, 0.2) is 0 Å². The summed E-state index contributed by atoms with van der Waals surface area (Å²) in [5.41, 5.74) is -0.485. The fourth-order valence-electron chi connectivity index (χ4n) is 1.32. The third-order valence-corrected chi connectivity index (χ3v) is 2.23. The number of likely N-dealkylation sites (tertiary alicyclic amines) is 1. The molecule has 11 heavy (non-hydrogen) atoms. The topological polar surface area (TPSA) is 20.3 Å². The van der Waals surface area contributed by atoms with Crippen LogP contribution in [0.5, 0.6) is 0 Å². The molecule has 1 fully saturated rings. The first kappa shape index (κ1) is 8.65. The number of rotatable bonds is 2. The van der Waals surface area contributed by atoms with E-state index in [1.165, 1.54) is 0 Å². The van der Waals surface area contributed by atoms with Gasteiger partial charge in [0.2, 0.25) is 0 Å². The predicted molar refractivity (Wildman–Crippen MR) is 41.2 cm³/mol. The second kappa shape index (κ2) is 2.89. The summed E-state index contributed by atoms with van der Waals surface area (Å²) >= 11 is 0. The molecule has 2 nitrogen and oxygen atoms in total. The molecule has 1 saturated heterocycles. The van der Waals surface area contributed by atoms with Gasteiger partial charge in [-0.25, -0.2) is 4.39 Å². The molecule has 0 aromatic rings. The van der Waals surface area contributed by atoms with E-state index < -0.39 is 11.7 Å². The van der Waals surface area contributed by atoms with E-state index >= 15 is 0 Å². The van der Waals surface area contributed by atoms with E-state index in [4.69, 9.17) is 0 Å². The van der Waals surface area contributed by atoms with Crippen LogP contribution in [-0.4, -0.2) is 36.0 Å². The van der Waals surface area contributed by atoms with Crippen LogP contribution in [0.2, 0.25) is 0 Å². The quantitative estimate of drug-likeness (QED) is 0.560. The molecule has 0 aromatic carbocycles. The van der Waals surface area contributed by atoms with Gasteiger partial charge in [0.15, 0.2) is 0 Å². The van der Waals surface area contributed by atoms with Crippen LogP contribution >= 0.6 is 0 Å². The molecule has 0 spiro atoms. The maximum absolute atomic E-state index is 12.7. The molecule has 0 bridgehead atoms. The molecule has 1 unspecified atom stereocenters. The molecule has 0 aliphatic carbocycles. The summed E-state index contributed by atoms with van der Waals surface area (Å²) in [4.78, 5) is 12.4. The van der Waals surface area contributed by atoms with Gasteiger partial charge in [-0.2, -0.15) is 0 Å². The number of halogens is 1. The zero-order valence-electron chi connectivity index (χ0n) is 7.01. The standard InChI is InChI=1S/C8H14FNO/c1-8(2,6-11)10-4-3-7(9)5-10/h6-7H,3-5H2,1-2H3. The van der Waals surface area contributed by atoms with Crippen molar-refractivity contribution in [3.8, 4) is 0 Å². The normalized spacial score (nSPS) is 27.4. The van der Waals surface area contributed by atoms with Crippen molar-refractivity contribution < 1.29 is 9.18 Å². The summed E-state index contributed by atoms with van der Waals surface area (Å²) in [5, 5.41) is 0. The van der Waals surface area contributed by atoms with Gasteiger partial charge in [0, 0.05) is 13.1 Å². The Balaban J connectivity index is 2.55. The van der Waals surface area contributed by atoms with Crippen LogP contribution in [0.3, 0.4) is 0 Å². The molecule has 1 rings (SSSR count). The Kier molecular flexibility index (Phi) is 2.28. The summed E-state index contributed by atoms with van der Waals surface area (Å²) < 4.78 is 12.7. The number of hydrogen-bond donors (Lipinski definition) is 0. The SMILES string of the molecule is CC(C)(C=O)N1CCC(F)C1. The lowest BCUT2D eigenvalue weighted by Gasteiger charge is -2.29. The largest absolute Gasteiger partial charge is 0.301 e. The van der Waals surface area contributed by atoms with Crippen LogP contribution in [0.25, 0.3) is 0 Å². The zero-order valence-corrected chi connectivity index (χ0v) is 7.01. The number of carbonyl (C=O) groups excluding carboxylic acids is 1. The molecule has 64 valence electrons. The van der Waals surface area contributed by atoms with E-state index in [0.717, 1.165) is 6.29 Å². The molecule has 1 heterocycles. The minimum Gasteiger partial charge on any atom is -0.301 e. The van der Waals surface area contributed by atoms with Crippen molar-refractivity contribution in [2.24, 2.45) is 0 Å². The first-order chi connectivity index (χ1) is 5.06. The Morgan fingerprint density at radius 1 is 1.64 bits per heavy atom. The van der Waals surface area contributed by atoms with Gasteiger partial charge in [-0.1, -0.05) is 0 Å². The molecular weight excluding hydrogens is 145 g/mol. The van der Waals surface area contributed by atoms with Crippen molar-refractivity contribution in [1.82, 2.24) is 4.90 Å². The Hall–Kier alpha value is -0.440. The maximum Gasteiger partial charge on any atom is 0.139 e. The lowest BCUT2D eigenvalue weighted by Crippen LogP contribution is -2.43. The highest BCUT2D eigenvalue weighted by Crippen LogP contribution is 2.20. The number of hydrogen-bond acceptors (Lipinski definition) is 2. The summed E-state index contributed by atoms with van der Waals surface area (Å²) in [7, 11) is 0. The van der Waals surface area contributed by atoms with Crippen molar-refractivity contribution in [2.45, 2.75) is 32.0 Å². The molecule has 3 heteroatoms. The minimum absolute atomic E-state index is 0.408. The predicted octanol–water partition coefficient (Wildman–Crippen LogP) is 1.01. The van der Waals surface area contributed by atoms with Gasteiger partial charge in [0.1, 0.15) is 12.5 Å². The highest BCUT2D eigenvalue weighted by atomic mass is 19.1. The van der Waals surface area contributed by atoms with Crippen LogP contribution < -0.4 is 0 Å². The highest BCUT2D eigenvalue weighted by Gasteiger charge is 2.32. The van der Waals surface area contributed by atoms with Gasteiger partial charge in [-0.15, -0.1) is 0 Å². The van der Waals surface area contributed by atoms with E-state index in [9.17, 15) is 9.18 Å². The average molecular weight is 159 g/mol. The number of carbonyl (C=O) groups is 1. The van der Waals surface area contributed by atoms with Crippen LogP contribution in [0, 0.1) is 0 Å². The molecule has 0 N–H and O–H groups in total. The van der Waals surface area contributed by atoms with Gasteiger partial charge >= 0.3 is 0 Å². The highest BCUT2D eigenvalue weighted by molar-refractivity contribution is 5.62. The van der Waals surface area contributed by atoms with Crippen molar-refractivity contribution >= 4 is 6.29 Å². The van der Waals surface area contributed by atoms with E-state index in [2.05, 4.69) is 0 Å². The second-order valence-electron chi connectivity index (χ2n) is 3.60. The first-order valence-corrected chi connectivity index (χ1v) is 3.92. The monoisotopic (exact) mass is 159 g/mol. The Morgan fingerprint density at radius 3 is 2.64 bits per heavy atom.